The highest BCUT2D eigenvalue weighted by atomic mass is 32.2. The van der Waals surface area contributed by atoms with Crippen molar-refractivity contribution in [2.75, 3.05) is 7.05 Å². The molecule has 13 heavy (non-hydrogen) atoms. The molecule has 1 rings (SSSR count). The van der Waals surface area contributed by atoms with Crippen LogP contribution in [0.4, 0.5) is 0 Å². The maximum Gasteiger partial charge on any atom is 0.280 e. The van der Waals surface area contributed by atoms with Gasteiger partial charge in [-0.15, -0.1) is 0 Å². The molecule has 0 aliphatic heterocycles. The Bertz CT molecular complexity index is 315. The number of nitrogens with zero attached hydrogens (tertiary/aromatic N) is 2. The second-order valence-electron chi connectivity index (χ2n) is 3.22. The van der Waals surface area contributed by atoms with Gasteiger partial charge in [0.2, 0.25) is 0 Å². The highest BCUT2D eigenvalue weighted by Gasteiger charge is 2.31. The van der Waals surface area contributed by atoms with Crippen molar-refractivity contribution < 1.29 is 8.42 Å². The minimum Gasteiger partial charge on any atom is -0.199 e. The predicted octanol–water partition coefficient (Wildman–Crippen LogP) is -0.173. The summed E-state index contributed by atoms with van der Waals surface area (Å²) in [6.07, 6.45) is 1.79. The molecule has 0 bridgehead atoms. The summed E-state index contributed by atoms with van der Waals surface area (Å²) in [5, 5.41) is 8.53. The Morgan fingerprint density at radius 2 is 2.15 bits per heavy atom. The molecular formula is C7H13N3O2S. The summed E-state index contributed by atoms with van der Waals surface area (Å²) in [6.45, 7) is 1.55. The van der Waals surface area contributed by atoms with Crippen LogP contribution in [0.5, 0.6) is 0 Å². The Morgan fingerprint density at radius 3 is 2.54 bits per heavy atom. The lowest BCUT2D eigenvalue weighted by molar-refractivity contribution is 0.431. The van der Waals surface area contributed by atoms with E-state index < -0.39 is 16.3 Å². The van der Waals surface area contributed by atoms with Gasteiger partial charge in [0.05, 0.1) is 6.07 Å². The normalized spacial score (nSPS) is 19.8. The molecule has 1 unspecified atom stereocenters. The molecule has 74 valence electrons. The summed E-state index contributed by atoms with van der Waals surface area (Å²) >= 11 is 0. The first-order valence-electron chi connectivity index (χ1n) is 4.12. The highest BCUT2D eigenvalue weighted by Crippen LogP contribution is 2.20. The van der Waals surface area contributed by atoms with Crippen molar-refractivity contribution in [2.24, 2.45) is 0 Å². The van der Waals surface area contributed by atoms with E-state index in [2.05, 4.69) is 4.72 Å². The summed E-state index contributed by atoms with van der Waals surface area (Å²) in [4.78, 5) is 0. The van der Waals surface area contributed by atoms with Crippen LogP contribution in [0.1, 0.15) is 19.8 Å². The van der Waals surface area contributed by atoms with E-state index in [0.29, 0.717) is 0 Å². The zero-order valence-corrected chi connectivity index (χ0v) is 8.50. The molecule has 1 saturated carbocycles. The molecule has 0 amide bonds. The molecule has 0 radical (unpaired) electrons. The fraction of sp³-hybridized carbons (Fsp3) is 0.857. The van der Waals surface area contributed by atoms with Gasteiger partial charge in [-0.3, -0.25) is 0 Å². The molecule has 0 aromatic carbocycles. The third-order valence-corrected chi connectivity index (χ3v) is 3.71. The average molecular weight is 203 g/mol. The second-order valence-corrected chi connectivity index (χ2v) is 4.98. The topological polar surface area (TPSA) is 73.2 Å². The Kier molecular flexibility index (Phi) is 2.91. The molecule has 0 spiro atoms. The van der Waals surface area contributed by atoms with Crippen molar-refractivity contribution in [3.63, 3.8) is 0 Å². The fourth-order valence-electron chi connectivity index (χ4n) is 0.784. The minimum atomic E-state index is -3.45. The molecule has 1 N–H and O–H groups in total. The van der Waals surface area contributed by atoms with Crippen LogP contribution >= 0.6 is 0 Å². The highest BCUT2D eigenvalue weighted by molar-refractivity contribution is 7.87. The minimum absolute atomic E-state index is 0.0818. The molecule has 1 aliphatic carbocycles. The number of hydrogen-bond acceptors (Lipinski definition) is 3. The summed E-state index contributed by atoms with van der Waals surface area (Å²) in [5.74, 6) is 0. The van der Waals surface area contributed by atoms with E-state index in [9.17, 15) is 8.42 Å². The number of nitriles is 1. The molecular weight excluding hydrogens is 190 g/mol. The van der Waals surface area contributed by atoms with E-state index in [1.165, 1.54) is 7.05 Å². The predicted molar refractivity (Wildman–Crippen MR) is 47.9 cm³/mol. The van der Waals surface area contributed by atoms with Gasteiger partial charge in [0.15, 0.2) is 0 Å². The lowest BCUT2D eigenvalue weighted by Crippen LogP contribution is -2.43. The van der Waals surface area contributed by atoms with Gasteiger partial charge in [-0.05, 0) is 19.8 Å². The lowest BCUT2D eigenvalue weighted by atomic mass is 10.4. The van der Waals surface area contributed by atoms with Crippen LogP contribution < -0.4 is 4.72 Å². The van der Waals surface area contributed by atoms with Crippen molar-refractivity contribution in [2.45, 2.75) is 31.8 Å². The van der Waals surface area contributed by atoms with Crippen molar-refractivity contribution >= 4 is 10.2 Å². The van der Waals surface area contributed by atoms with E-state index in [-0.39, 0.29) is 6.04 Å². The van der Waals surface area contributed by atoms with Gasteiger partial charge in [-0.25, -0.2) is 0 Å². The van der Waals surface area contributed by atoms with E-state index in [0.717, 1.165) is 17.1 Å². The number of rotatable bonds is 4. The van der Waals surface area contributed by atoms with Gasteiger partial charge in [0.1, 0.15) is 6.04 Å². The summed E-state index contributed by atoms with van der Waals surface area (Å²) < 4.78 is 26.4. The van der Waals surface area contributed by atoms with Gasteiger partial charge in [-0.2, -0.15) is 22.7 Å². The lowest BCUT2D eigenvalue weighted by Gasteiger charge is -2.18. The molecule has 6 heteroatoms. The largest absolute Gasteiger partial charge is 0.280 e. The fourth-order valence-corrected chi connectivity index (χ4v) is 2.07. The third kappa shape index (κ3) is 2.66. The second kappa shape index (κ2) is 3.62. The molecule has 0 saturated heterocycles. The molecule has 1 fully saturated rings. The zero-order valence-electron chi connectivity index (χ0n) is 7.69. The van der Waals surface area contributed by atoms with Crippen molar-refractivity contribution in [3.8, 4) is 6.07 Å². The third-order valence-electron chi connectivity index (χ3n) is 2.00. The molecule has 0 heterocycles. The van der Waals surface area contributed by atoms with E-state index in [1.54, 1.807) is 6.92 Å². The molecule has 5 nitrogen and oxygen atoms in total. The zero-order chi connectivity index (χ0) is 10.1. The summed E-state index contributed by atoms with van der Waals surface area (Å²) in [5.41, 5.74) is 0. The Labute approximate surface area is 78.5 Å². The first kappa shape index (κ1) is 10.4. The van der Waals surface area contributed by atoms with Crippen LogP contribution in [0.2, 0.25) is 0 Å². The SMILES string of the molecule is CC(C#N)N(C)S(=O)(=O)NC1CC1. The smallest absolute Gasteiger partial charge is 0.199 e. The van der Waals surface area contributed by atoms with Gasteiger partial charge in [0, 0.05) is 13.1 Å². The molecule has 1 aliphatic rings. The van der Waals surface area contributed by atoms with Crippen molar-refractivity contribution in [3.05, 3.63) is 0 Å². The van der Waals surface area contributed by atoms with Crippen LogP contribution in [0, 0.1) is 11.3 Å². The molecule has 0 aromatic rings. The van der Waals surface area contributed by atoms with Crippen LogP contribution in [0.15, 0.2) is 0 Å². The van der Waals surface area contributed by atoms with Gasteiger partial charge < -0.3 is 0 Å². The van der Waals surface area contributed by atoms with Crippen LogP contribution in [-0.2, 0) is 10.2 Å². The standard InChI is InChI=1S/C7H13N3O2S/c1-6(5-8)10(2)13(11,12)9-7-3-4-7/h6-7,9H,3-4H2,1-2H3. The first-order valence-corrected chi connectivity index (χ1v) is 5.56. The van der Waals surface area contributed by atoms with Crippen LogP contribution in [0.3, 0.4) is 0 Å². The maximum absolute atomic E-state index is 11.4. The van der Waals surface area contributed by atoms with Gasteiger partial charge in [0.25, 0.3) is 10.2 Å². The van der Waals surface area contributed by atoms with Crippen molar-refractivity contribution in [1.29, 1.82) is 5.26 Å². The van der Waals surface area contributed by atoms with Crippen LogP contribution in [-0.4, -0.2) is 31.9 Å². The van der Waals surface area contributed by atoms with E-state index in [4.69, 9.17) is 5.26 Å². The van der Waals surface area contributed by atoms with E-state index in [1.807, 2.05) is 6.07 Å². The molecule has 1 atom stereocenters. The first-order chi connectivity index (χ1) is 5.97. The number of hydrogen-bond donors (Lipinski definition) is 1. The quantitative estimate of drug-likeness (QED) is 0.689. The molecule has 0 aromatic heterocycles. The van der Waals surface area contributed by atoms with Gasteiger partial charge in [-0.1, -0.05) is 0 Å². The van der Waals surface area contributed by atoms with Crippen LogP contribution in [0.25, 0.3) is 0 Å². The van der Waals surface area contributed by atoms with Gasteiger partial charge >= 0.3 is 0 Å². The Morgan fingerprint density at radius 1 is 1.62 bits per heavy atom. The average Bonchev–Trinajstić information content (AvgIpc) is 2.84. The monoisotopic (exact) mass is 203 g/mol. The van der Waals surface area contributed by atoms with E-state index >= 15 is 0 Å². The van der Waals surface area contributed by atoms with Crippen molar-refractivity contribution in [1.82, 2.24) is 9.03 Å². The summed E-state index contributed by atoms with van der Waals surface area (Å²) in [7, 11) is -2.05. The maximum atomic E-state index is 11.4. The Balaban J connectivity index is 2.62. The number of nitrogens with one attached hydrogen (secondary N) is 1. The Hall–Kier alpha value is -0.640. The summed E-state index contributed by atoms with van der Waals surface area (Å²) in [6, 6.07) is 1.32.